The normalized spacial score (nSPS) is 13.3. The maximum atomic E-state index is 13.5. The number of hydrogen-bond acceptors (Lipinski definition) is 4. The first-order valence-electron chi connectivity index (χ1n) is 9.12. The van der Waals surface area contributed by atoms with E-state index in [9.17, 15) is 9.59 Å². The number of aromatic nitrogens is 2. The second-order valence-electron chi connectivity index (χ2n) is 6.47. The van der Waals surface area contributed by atoms with Crippen LogP contribution in [-0.4, -0.2) is 34.8 Å². The number of nitrogens with zero attached hydrogens (tertiary/aromatic N) is 3. The summed E-state index contributed by atoms with van der Waals surface area (Å²) in [7, 11) is 0. The van der Waals surface area contributed by atoms with Crippen molar-refractivity contribution in [3.8, 4) is 5.69 Å². The van der Waals surface area contributed by atoms with Crippen molar-refractivity contribution in [2.75, 3.05) is 18.1 Å². The van der Waals surface area contributed by atoms with Crippen LogP contribution in [-0.2, 0) is 11.2 Å². The molecule has 1 aliphatic rings. The lowest BCUT2D eigenvalue weighted by atomic mass is 10.0. The molecule has 0 radical (unpaired) electrons. The summed E-state index contributed by atoms with van der Waals surface area (Å²) in [5.41, 5.74) is 2.57. The monoisotopic (exact) mass is 521 g/mol. The Morgan fingerprint density at radius 3 is 2.69 bits per heavy atom. The van der Waals surface area contributed by atoms with E-state index >= 15 is 0 Å². The molecule has 1 aromatic heterocycles. The van der Waals surface area contributed by atoms with Crippen molar-refractivity contribution in [2.24, 2.45) is 0 Å². The molecule has 1 aliphatic heterocycles. The van der Waals surface area contributed by atoms with Crippen LogP contribution in [0, 0.1) is 3.57 Å². The van der Waals surface area contributed by atoms with Gasteiger partial charge in [0.25, 0.3) is 5.91 Å². The van der Waals surface area contributed by atoms with E-state index < -0.39 is 5.97 Å². The molecule has 3 aromatic rings. The SMILES string of the molecule is CCOC(=O)c1nn(-c2cccc(Cl)c2)c2c1CCN(c1cccc(I)c1)C2=O. The van der Waals surface area contributed by atoms with Crippen LogP contribution in [0.1, 0.15) is 33.5 Å². The van der Waals surface area contributed by atoms with Crippen LogP contribution in [0.15, 0.2) is 48.5 Å². The number of esters is 1. The van der Waals surface area contributed by atoms with E-state index in [2.05, 4.69) is 27.7 Å². The van der Waals surface area contributed by atoms with E-state index in [1.165, 1.54) is 4.68 Å². The van der Waals surface area contributed by atoms with Gasteiger partial charge >= 0.3 is 5.97 Å². The highest BCUT2D eigenvalue weighted by atomic mass is 127. The van der Waals surface area contributed by atoms with E-state index in [-0.39, 0.29) is 18.2 Å². The van der Waals surface area contributed by atoms with Gasteiger partial charge in [-0.15, -0.1) is 0 Å². The van der Waals surface area contributed by atoms with Crippen molar-refractivity contribution in [2.45, 2.75) is 13.3 Å². The van der Waals surface area contributed by atoms with Gasteiger partial charge in [-0.3, -0.25) is 4.79 Å². The molecule has 2 aromatic carbocycles. The summed E-state index contributed by atoms with van der Waals surface area (Å²) in [5, 5.41) is 4.97. The van der Waals surface area contributed by atoms with Crippen molar-refractivity contribution < 1.29 is 14.3 Å². The highest BCUT2D eigenvalue weighted by molar-refractivity contribution is 14.1. The highest BCUT2D eigenvalue weighted by Gasteiger charge is 2.35. The molecule has 0 saturated heterocycles. The van der Waals surface area contributed by atoms with Gasteiger partial charge in [-0.1, -0.05) is 23.7 Å². The van der Waals surface area contributed by atoms with Crippen LogP contribution in [0.4, 0.5) is 5.69 Å². The van der Waals surface area contributed by atoms with Gasteiger partial charge in [-0.05, 0) is 72.3 Å². The summed E-state index contributed by atoms with van der Waals surface area (Å²) in [6.45, 7) is 2.43. The molecule has 0 aliphatic carbocycles. The zero-order chi connectivity index (χ0) is 20.5. The number of carbonyl (C=O) groups is 2. The van der Waals surface area contributed by atoms with Gasteiger partial charge in [0, 0.05) is 26.4 Å². The molecule has 0 atom stereocenters. The van der Waals surface area contributed by atoms with Crippen LogP contribution < -0.4 is 4.90 Å². The summed E-state index contributed by atoms with van der Waals surface area (Å²) >= 11 is 8.37. The molecule has 0 N–H and O–H groups in total. The van der Waals surface area contributed by atoms with Crippen molar-refractivity contribution >= 4 is 51.8 Å². The van der Waals surface area contributed by atoms with Gasteiger partial charge in [-0.2, -0.15) is 5.10 Å². The van der Waals surface area contributed by atoms with E-state index in [1.807, 2.05) is 24.3 Å². The predicted octanol–water partition coefficient (Wildman–Crippen LogP) is 4.51. The Morgan fingerprint density at radius 1 is 1.21 bits per heavy atom. The molecule has 0 unspecified atom stereocenters. The van der Waals surface area contributed by atoms with E-state index in [0.717, 1.165) is 9.26 Å². The fraction of sp³-hybridized carbons (Fsp3) is 0.190. The number of rotatable bonds is 4. The lowest BCUT2D eigenvalue weighted by molar-refractivity contribution is 0.0517. The number of anilines is 1. The van der Waals surface area contributed by atoms with E-state index in [4.69, 9.17) is 16.3 Å². The predicted molar refractivity (Wildman–Crippen MR) is 119 cm³/mol. The van der Waals surface area contributed by atoms with Crippen LogP contribution in [0.2, 0.25) is 5.02 Å². The maximum absolute atomic E-state index is 13.5. The zero-order valence-corrected chi connectivity index (χ0v) is 18.5. The molecule has 8 heteroatoms. The van der Waals surface area contributed by atoms with Crippen molar-refractivity contribution in [1.82, 2.24) is 9.78 Å². The first-order chi connectivity index (χ1) is 14.0. The Kier molecular flexibility index (Phi) is 5.60. The Hall–Kier alpha value is -2.39. The smallest absolute Gasteiger partial charge is 0.359 e. The zero-order valence-electron chi connectivity index (χ0n) is 15.6. The number of carbonyl (C=O) groups excluding carboxylic acids is 2. The van der Waals surface area contributed by atoms with Gasteiger partial charge < -0.3 is 9.64 Å². The average Bonchev–Trinajstić information content (AvgIpc) is 3.09. The van der Waals surface area contributed by atoms with Crippen LogP contribution in [0.25, 0.3) is 5.69 Å². The Balaban J connectivity index is 1.86. The highest BCUT2D eigenvalue weighted by Crippen LogP contribution is 2.30. The van der Waals surface area contributed by atoms with Crippen LogP contribution in [0.3, 0.4) is 0 Å². The number of hydrogen-bond donors (Lipinski definition) is 0. The van der Waals surface area contributed by atoms with Gasteiger partial charge in [0.2, 0.25) is 0 Å². The molecule has 0 fully saturated rings. The standard InChI is InChI=1S/C21H17ClIN3O3/c1-2-29-21(28)18-17-9-10-25(15-7-4-6-14(23)12-15)20(27)19(17)26(24-18)16-8-3-5-13(22)11-16/h3-8,11-12H,2,9-10H2,1H3. The Labute approximate surface area is 186 Å². The second-order valence-corrected chi connectivity index (χ2v) is 8.16. The quantitative estimate of drug-likeness (QED) is 0.374. The first-order valence-corrected chi connectivity index (χ1v) is 10.6. The summed E-state index contributed by atoms with van der Waals surface area (Å²) in [4.78, 5) is 27.7. The maximum Gasteiger partial charge on any atom is 0.359 e. The lowest BCUT2D eigenvalue weighted by Crippen LogP contribution is -2.39. The minimum atomic E-state index is -0.528. The van der Waals surface area contributed by atoms with Crippen molar-refractivity contribution in [1.29, 1.82) is 0 Å². The number of ether oxygens (including phenoxy) is 1. The largest absolute Gasteiger partial charge is 0.461 e. The average molecular weight is 522 g/mol. The molecule has 0 bridgehead atoms. The topological polar surface area (TPSA) is 64.4 Å². The third kappa shape index (κ3) is 3.76. The van der Waals surface area contributed by atoms with Crippen molar-refractivity contribution in [3.63, 3.8) is 0 Å². The summed E-state index contributed by atoms with van der Waals surface area (Å²) in [6, 6.07) is 14.8. The third-order valence-corrected chi connectivity index (χ3v) is 5.56. The molecule has 6 nitrogen and oxygen atoms in total. The number of fused-ring (bicyclic) bond motifs is 1. The molecular formula is C21H17ClIN3O3. The fourth-order valence-electron chi connectivity index (χ4n) is 3.41. The van der Waals surface area contributed by atoms with Gasteiger partial charge in [0.05, 0.1) is 12.3 Å². The molecule has 0 saturated carbocycles. The number of amides is 1. The van der Waals surface area contributed by atoms with Gasteiger partial charge in [-0.25, -0.2) is 9.48 Å². The molecule has 148 valence electrons. The Morgan fingerprint density at radius 2 is 1.97 bits per heavy atom. The summed E-state index contributed by atoms with van der Waals surface area (Å²) < 4.78 is 7.69. The van der Waals surface area contributed by atoms with Crippen molar-refractivity contribution in [3.05, 3.63) is 74.1 Å². The minimum Gasteiger partial charge on any atom is -0.461 e. The fourth-order valence-corrected chi connectivity index (χ4v) is 4.12. The molecular weight excluding hydrogens is 505 g/mol. The van der Waals surface area contributed by atoms with Crippen LogP contribution >= 0.6 is 34.2 Å². The second kappa shape index (κ2) is 8.16. The molecule has 1 amide bonds. The lowest BCUT2D eigenvalue weighted by Gasteiger charge is -2.28. The summed E-state index contributed by atoms with van der Waals surface area (Å²) in [6.07, 6.45) is 0.501. The van der Waals surface area contributed by atoms with E-state index in [0.29, 0.717) is 34.9 Å². The van der Waals surface area contributed by atoms with E-state index in [1.54, 1.807) is 36.1 Å². The molecule has 29 heavy (non-hydrogen) atoms. The van der Waals surface area contributed by atoms with Gasteiger partial charge in [0.15, 0.2) is 5.69 Å². The van der Waals surface area contributed by atoms with Crippen LogP contribution in [0.5, 0.6) is 0 Å². The summed E-state index contributed by atoms with van der Waals surface area (Å²) in [5.74, 6) is -0.740. The minimum absolute atomic E-state index is 0.178. The molecule has 2 heterocycles. The molecule has 0 spiro atoms. The molecule has 4 rings (SSSR count). The third-order valence-electron chi connectivity index (χ3n) is 4.66. The number of benzene rings is 2. The van der Waals surface area contributed by atoms with Gasteiger partial charge in [0.1, 0.15) is 5.69 Å². The number of halogens is 2. The first kappa shape index (κ1) is 19.9. The Bertz CT molecular complexity index is 1110.